The van der Waals surface area contributed by atoms with Crippen LogP contribution >= 0.6 is 11.9 Å². The molecule has 52 valence electrons. The summed E-state index contributed by atoms with van der Waals surface area (Å²) in [5.74, 6) is -0.913. The minimum atomic E-state index is -0.456. The van der Waals surface area contributed by atoms with Gasteiger partial charge in [0, 0.05) is 24.1 Å². The third kappa shape index (κ3) is 1.08. The predicted octanol–water partition coefficient (Wildman–Crippen LogP) is -0.250. The summed E-state index contributed by atoms with van der Waals surface area (Å²) in [6.07, 6.45) is 2.25. The number of hydrogen-bond acceptors (Lipinski definition) is 4. The monoisotopic (exact) mass is 157 g/mol. The number of imide groups is 1. The van der Waals surface area contributed by atoms with Gasteiger partial charge in [-0.25, -0.2) is 4.31 Å². The predicted molar refractivity (Wildman–Crippen MR) is 35.3 cm³/mol. The topological polar surface area (TPSA) is 54.5 Å². The van der Waals surface area contributed by atoms with Crippen LogP contribution < -0.4 is 0 Å². The molecule has 0 aliphatic carbocycles. The molecule has 0 aromatic rings. The molecule has 0 unspecified atom stereocenters. The Kier molecular flexibility index (Phi) is 1.86. The van der Waals surface area contributed by atoms with Gasteiger partial charge in [0.25, 0.3) is 11.8 Å². The van der Waals surface area contributed by atoms with Gasteiger partial charge in [0.1, 0.15) is 0 Å². The maximum absolute atomic E-state index is 10.6. The number of carbonyl (C=O) groups excluding carboxylic acids is 3. The minimum absolute atomic E-state index is 0.433. The highest BCUT2D eigenvalue weighted by atomic mass is 32.2. The van der Waals surface area contributed by atoms with Crippen LogP contribution in [0.3, 0.4) is 0 Å². The second-order valence-electron chi connectivity index (χ2n) is 1.51. The number of hydrogen-bond donors (Lipinski definition) is 0. The summed E-state index contributed by atoms with van der Waals surface area (Å²) in [5.41, 5.74) is 0.433. The van der Waals surface area contributed by atoms with Crippen LogP contribution in [0.15, 0.2) is 12.2 Å². The van der Waals surface area contributed by atoms with E-state index in [0.717, 1.165) is 16.5 Å². The lowest BCUT2D eigenvalue weighted by Gasteiger charge is -2.04. The van der Waals surface area contributed by atoms with Gasteiger partial charge >= 0.3 is 0 Å². The highest BCUT2D eigenvalue weighted by Crippen LogP contribution is 2.12. The molecule has 0 bridgehead atoms. The molecule has 2 amide bonds. The van der Waals surface area contributed by atoms with Crippen molar-refractivity contribution in [1.29, 1.82) is 0 Å². The number of nitrogens with zero attached hydrogens (tertiary/aromatic N) is 1. The van der Waals surface area contributed by atoms with Gasteiger partial charge in [0.2, 0.25) is 0 Å². The molecule has 0 fully saturated rings. The Hall–Kier alpha value is -1.10. The van der Waals surface area contributed by atoms with E-state index < -0.39 is 11.8 Å². The summed E-state index contributed by atoms with van der Waals surface area (Å²) >= 11 is 0.546. The van der Waals surface area contributed by atoms with E-state index in [4.69, 9.17) is 0 Å². The molecule has 5 heteroatoms. The summed E-state index contributed by atoms with van der Waals surface area (Å²) in [5, 5.41) is 0. The first-order valence-electron chi connectivity index (χ1n) is 2.42. The van der Waals surface area contributed by atoms with Crippen LogP contribution in [0.1, 0.15) is 0 Å². The van der Waals surface area contributed by atoms with Crippen molar-refractivity contribution in [2.75, 3.05) is 0 Å². The molecule has 0 saturated carbocycles. The van der Waals surface area contributed by atoms with Crippen LogP contribution in [0, 0.1) is 0 Å². The Bertz CT molecular complexity index is 205. The molecule has 1 aliphatic rings. The number of carbonyl (C=O) groups is 3. The summed E-state index contributed by atoms with van der Waals surface area (Å²) in [4.78, 5) is 31.1. The SMILES string of the molecule is O=CSN1C(=O)C=CC1=O. The van der Waals surface area contributed by atoms with Crippen molar-refractivity contribution < 1.29 is 14.4 Å². The first kappa shape index (κ1) is 7.01. The Labute approximate surface area is 61.0 Å². The largest absolute Gasteiger partial charge is 0.289 e. The van der Waals surface area contributed by atoms with E-state index >= 15 is 0 Å². The third-order valence-electron chi connectivity index (χ3n) is 0.917. The Balaban J connectivity index is 2.69. The lowest BCUT2D eigenvalue weighted by atomic mass is 10.6. The lowest BCUT2D eigenvalue weighted by Crippen LogP contribution is -2.22. The van der Waals surface area contributed by atoms with Gasteiger partial charge in [-0.2, -0.15) is 0 Å². The third-order valence-corrected chi connectivity index (χ3v) is 1.57. The molecule has 0 spiro atoms. The molecule has 4 nitrogen and oxygen atoms in total. The van der Waals surface area contributed by atoms with Gasteiger partial charge in [-0.1, -0.05) is 0 Å². The van der Waals surface area contributed by atoms with Crippen molar-refractivity contribution in [3.63, 3.8) is 0 Å². The van der Waals surface area contributed by atoms with Crippen molar-refractivity contribution in [2.24, 2.45) is 0 Å². The van der Waals surface area contributed by atoms with Crippen molar-refractivity contribution in [3.05, 3.63) is 12.2 Å². The fourth-order valence-electron chi connectivity index (χ4n) is 0.534. The molecular formula is C5H3NO3S. The van der Waals surface area contributed by atoms with E-state index in [1.807, 2.05) is 0 Å². The summed E-state index contributed by atoms with van der Waals surface area (Å²) < 4.78 is 0.785. The zero-order chi connectivity index (χ0) is 7.56. The smallest absolute Gasteiger partial charge is 0.264 e. The summed E-state index contributed by atoms with van der Waals surface area (Å²) in [6, 6.07) is 0. The van der Waals surface area contributed by atoms with Gasteiger partial charge in [-0.3, -0.25) is 14.4 Å². The molecule has 1 rings (SSSR count). The molecule has 0 radical (unpaired) electrons. The second-order valence-corrected chi connectivity index (χ2v) is 2.27. The normalized spacial score (nSPS) is 16.6. The second kappa shape index (κ2) is 2.66. The van der Waals surface area contributed by atoms with Crippen LogP contribution in [-0.4, -0.2) is 21.7 Å². The van der Waals surface area contributed by atoms with Crippen molar-refractivity contribution in [3.8, 4) is 0 Å². The van der Waals surface area contributed by atoms with E-state index in [2.05, 4.69) is 0 Å². The molecule has 0 saturated heterocycles. The van der Waals surface area contributed by atoms with E-state index in [1.165, 1.54) is 0 Å². The van der Waals surface area contributed by atoms with Gasteiger partial charge in [0.15, 0.2) is 5.62 Å². The molecule has 1 aliphatic heterocycles. The van der Waals surface area contributed by atoms with Gasteiger partial charge in [-0.15, -0.1) is 0 Å². The fraction of sp³-hybridized carbons (Fsp3) is 0. The Morgan fingerprint density at radius 1 is 1.30 bits per heavy atom. The Morgan fingerprint density at radius 3 is 2.20 bits per heavy atom. The average molecular weight is 157 g/mol. The van der Waals surface area contributed by atoms with Crippen LogP contribution in [0.25, 0.3) is 0 Å². The van der Waals surface area contributed by atoms with Crippen LogP contribution in [0.5, 0.6) is 0 Å². The highest BCUT2D eigenvalue weighted by molar-refractivity contribution is 8.10. The highest BCUT2D eigenvalue weighted by Gasteiger charge is 2.23. The summed E-state index contributed by atoms with van der Waals surface area (Å²) in [7, 11) is 0. The maximum Gasteiger partial charge on any atom is 0.264 e. The van der Waals surface area contributed by atoms with Crippen LogP contribution in [-0.2, 0) is 14.4 Å². The first-order chi connectivity index (χ1) is 4.75. The standard InChI is InChI=1S/C5H3NO3S/c7-3-10-6-4(8)1-2-5(6)9/h1-3H. The molecule has 1 heterocycles. The van der Waals surface area contributed by atoms with E-state index in [9.17, 15) is 14.4 Å². The maximum atomic E-state index is 10.6. The van der Waals surface area contributed by atoms with Crippen LogP contribution in [0.2, 0.25) is 0 Å². The van der Waals surface area contributed by atoms with Gasteiger partial charge < -0.3 is 0 Å². The molecule has 0 N–H and O–H groups in total. The quantitative estimate of drug-likeness (QED) is 0.315. The van der Waals surface area contributed by atoms with E-state index in [1.54, 1.807) is 0 Å². The van der Waals surface area contributed by atoms with Gasteiger partial charge in [-0.05, 0) is 0 Å². The zero-order valence-electron chi connectivity index (χ0n) is 4.81. The fourth-order valence-corrected chi connectivity index (χ4v) is 0.949. The van der Waals surface area contributed by atoms with Crippen molar-refractivity contribution >= 4 is 29.4 Å². The number of amides is 2. The summed E-state index contributed by atoms with van der Waals surface area (Å²) in [6.45, 7) is 0. The van der Waals surface area contributed by atoms with E-state index in [-0.39, 0.29) is 0 Å². The van der Waals surface area contributed by atoms with E-state index in [0.29, 0.717) is 17.6 Å². The first-order valence-corrected chi connectivity index (χ1v) is 3.26. The molecule has 0 aromatic heterocycles. The zero-order valence-corrected chi connectivity index (χ0v) is 5.63. The average Bonchev–Trinajstić information content (AvgIpc) is 2.20. The minimum Gasteiger partial charge on any atom is -0.289 e. The molecule has 0 aromatic carbocycles. The number of rotatable bonds is 2. The molecule has 10 heavy (non-hydrogen) atoms. The van der Waals surface area contributed by atoms with Crippen molar-refractivity contribution in [1.82, 2.24) is 4.31 Å². The molecule has 0 atom stereocenters. The van der Waals surface area contributed by atoms with Crippen molar-refractivity contribution in [2.45, 2.75) is 0 Å². The molecular weight excluding hydrogens is 154 g/mol. The van der Waals surface area contributed by atoms with Crippen LogP contribution in [0.4, 0.5) is 0 Å². The van der Waals surface area contributed by atoms with Gasteiger partial charge in [0.05, 0.1) is 0 Å². The lowest BCUT2D eigenvalue weighted by molar-refractivity contribution is -0.130. The Morgan fingerprint density at radius 2 is 1.80 bits per heavy atom.